The molecular formula is C14H24N2O. The zero-order valence-electron chi connectivity index (χ0n) is 11.4. The lowest BCUT2D eigenvalue weighted by molar-refractivity contribution is 0.0518. The van der Waals surface area contributed by atoms with Crippen molar-refractivity contribution in [1.82, 2.24) is 0 Å². The molecule has 17 heavy (non-hydrogen) atoms. The Morgan fingerprint density at radius 2 is 2.18 bits per heavy atom. The van der Waals surface area contributed by atoms with E-state index in [-0.39, 0.29) is 12.0 Å². The molecule has 0 saturated carbocycles. The topological polar surface area (TPSA) is 45.4 Å². The van der Waals surface area contributed by atoms with Crippen LogP contribution in [0.2, 0.25) is 0 Å². The van der Waals surface area contributed by atoms with Crippen molar-refractivity contribution >= 4 is 6.21 Å². The van der Waals surface area contributed by atoms with Crippen LogP contribution < -0.4 is 0 Å². The zero-order valence-corrected chi connectivity index (χ0v) is 11.4. The van der Waals surface area contributed by atoms with Crippen LogP contribution in [0.25, 0.3) is 0 Å². The Morgan fingerprint density at radius 1 is 1.47 bits per heavy atom. The zero-order chi connectivity index (χ0) is 12.8. The third kappa shape index (κ3) is 3.29. The van der Waals surface area contributed by atoms with Crippen molar-refractivity contribution in [3.8, 4) is 6.07 Å². The van der Waals surface area contributed by atoms with E-state index in [0.29, 0.717) is 24.4 Å². The van der Waals surface area contributed by atoms with Gasteiger partial charge in [-0.05, 0) is 24.7 Å². The van der Waals surface area contributed by atoms with Crippen LogP contribution >= 0.6 is 0 Å². The van der Waals surface area contributed by atoms with Gasteiger partial charge in [0.1, 0.15) is 0 Å². The van der Waals surface area contributed by atoms with Crippen LogP contribution in [0, 0.1) is 35.0 Å². The first kappa shape index (κ1) is 14.2. The SMILES string of the molecule is CCOC(C#N)[C@@H]1C=NC[C@H]1[C@@H](C)[C@H](C)CC. The minimum absolute atomic E-state index is 0.170. The van der Waals surface area contributed by atoms with Crippen LogP contribution in [0.3, 0.4) is 0 Å². The second kappa shape index (κ2) is 6.76. The molecule has 96 valence electrons. The number of hydrogen-bond donors (Lipinski definition) is 0. The minimum Gasteiger partial charge on any atom is -0.363 e. The summed E-state index contributed by atoms with van der Waals surface area (Å²) in [6.45, 7) is 10.2. The quantitative estimate of drug-likeness (QED) is 0.711. The van der Waals surface area contributed by atoms with Gasteiger partial charge in [0.05, 0.1) is 6.07 Å². The summed E-state index contributed by atoms with van der Waals surface area (Å²) in [5, 5.41) is 9.18. The lowest BCUT2D eigenvalue weighted by atomic mass is 9.75. The standard InChI is InChI=1S/C14H24N2O/c1-5-10(3)11(4)12-8-16-9-13(12)14(7-15)17-6-2/h9-14H,5-6,8H2,1-4H3/t10-,11+,12+,13-,14?/m1/s1. The van der Waals surface area contributed by atoms with Crippen molar-refractivity contribution in [3.63, 3.8) is 0 Å². The first-order valence-corrected chi connectivity index (χ1v) is 6.66. The van der Waals surface area contributed by atoms with Gasteiger partial charge >= 0.3 is 0 Å². The first-order valence-electron chi connectivity index (χ1n) is 6.66. The molecule has 1 unspecified atom stereocenters. The van der Waals surface area contributed by atoms with E-state index < -0.39 is 0 Å². The normalized spacial score (nSPS) is 28.6. The highest BCUT2D eigenvalue weighted by molar-refractivity contribution is 5.65. The molecule has 0 bridgehead atoms. The van der Waals surface area contributed by atoms with Gasteiger partial charge in [0.15, 0.2) is 6.10 Å². The Balaban J connectivity index is 2.71. The second-order valence-electron chi connectivity index (χ2n) is 5.01. The highest BCUT2D eigenvalue weighted by Crippen LogP contribution is 2.34. The Morgan fingerprint density at radius 3 is 2.71 bits per heavy atom. The molecule has 3 nitrogen and oxygen atoms in total. The number of rotatable bonds is 6. The largest absolute Gasteiger partial charge is 0.363 e. The molecule has 5 atom stereocenters. The van der Waals surface area contributed by atoms with E-state index in [1.54, 1.807) is 0 Å². The first-order chi connectivity index (χ1) is 8.15. The lowest BCUT2D eigenvalue weighted by Crippen LogP contribution is -2.34. The molecule has 1 aliphatic rings. The molecule has 0 amide bonds. The van der Waals surface area contributed by atoms with E-state index in [2.05, 4.69) is 31.8 Å². The predicted octanol–water partition coefficient (Wildman–Crippen LogP) is 2.91. The average Bonchev–Trinajstić information content (AvgIpc) is 2.82. The summed E-state index contributed by atoms with van der Waals surface area (Å²) in [4.78, 5) is 4.38. The molecule has 0 saturated heterocycles. The fourth-order valence-corrected chi connectivity index (χ4v) is 2.56. The summed E-state index contributed by atoms with van der Waals surface area (Å²) in [6, 6.07) is 2.27. The van der Waals surface area contributed by atoms with Gasteiger partial charge in [-0.2, -0.15) is 5.26 Å². The summed E-state index contributed by atoms with van der Waals surface area (Å²) < 4.78 is 5.52. The number of nitrogens with zero attached hydrogens (tertiary/aromatic N) is 2. The van der Waals surface area contributed by atoms with Crippen LogP contribution in [-0.4, -0.2) is 25.5 Å². The van der Waals surface area contributed by atoms with Gasteiger partial charge < -0.3 is 4.74 Å². The molecule has 0 spiro atoms. The highest BCUT2D eigenvalue weighted by Gasteiger charge is 2.36. The molecule has 0 aliphatic carbocycles. The second-order valence-corrected chi connectivity index (χ2v) is 5.01. The van der Waals surface area contributed by atoms with Gasteiger partial charge in [0, 0.05) is 25.3 Å². The predicted molar refractivity (Wildman–Crippen MR) is 70.0 cm³/mol. The average molecular weight is 236 g/mol. The molecule has 0 aromatic carbocycles. The van der Waals surface area contributed by atoms with Crippen molar-refractivity contribution < 1.29 is 4.74 Å². The van der Waals surface area contributed by atoms with Gasteiger partial charge in [0.2, 0.25) is 0 Å². The van der Waals surface area contributed by atoms with Crippen LogP contribution in [-0.2, 0) is 4.74 Å². The smallest absolute Gasteiger partial charge is 0.152 e. The van der Waals surface area contributed by atoms with Gasteiger partial charge in [-0.15, -0.1) is 0 Å². The van der Waals surface area contributed by atoms with Crippen molar-refractivity contribution in [3.05, 3.63) is 0 Å². The molecule has 0 radical (unpaired) electrons. The number of aliphatic imine (C=N–C) groups is 1. The maximum atomic E-state index is 9.18. The third-order valence-electron chi connectivity index (χ3n) is 4.13. The van der Waals surface area contributed by atoms with E-state index in [0.717, 1.165) is 6.54 Å². The van der Waals surface area contributed by atoms with E-state index in [4.69, 9.17) is 4.74 Å². The van der Waals surface area contributed by atoms with Crippen molar-refractivity contribution in [2.75, 3.05) is 13.2 Å². The van der Waals surface area contributed by atoms with Gasteiger partial charge in [-0.25, -0.2) is 0 Å². The fraction of sp³-hybridized carbons (Fsp3) is 0.857. The van der Waals surface area contributed by atoms with Crippen LogP contribution in [0.4, 0.5) is 0 Å². The summed E-state index contributed by atoms with van der Waals surface area (Å²) >= 11 is 0. The molecular weight excluding hydrogens is 212 g/mol. The summed E-state index contributed by atoms with van der Waals surface area (Å²) in [7, 11) is 0. The Kier molecular flexibility index (Phi) is 5.64. The molecule has 3 heteroatoms. The third-order valence-corrected chi connectivity index (χ3v) is 4.13. The minimum atomic E-state index is -0.331. The molecule has 1 heterocycles. The summed E-state index contributed by atoms with van der Waals surface area (Å²) in [5.41, 5.74) is 0. The van der Waals surface area contributed by atoms with Crippen LogP contribution in [0.5, 0.6) is 0 Å². The monoisotopic (exact) mass is 236 g/mol. The summed E-state index contributed by atoms with van der Waals surface area (Å²) in [5.74, 6) is 1.89. The Labute approximate surface area is 105 Å². The van der Waals surface area contributed by atoms with Crippen molar-refractivity contribution in [2.24, 2.45) is 28.7 Å². The van der Waals surface area contributed by atoms with E-state index in [1.165, 1.54) is 6.42 Å². The van der Waals surface area contributed by atoms with Crippen LogP contribution in [0.1, 0.15) is 34.1 Å². The maximum absolute atomic E-state index is 9.18. The molecule has 1 rings (SSSR count). The highest BCUT2D eigenvalue weighted by atomic mass is 16.5. The molecule has 0 fully saturated rings. The number of ether oxygens (including phenoxy) is 1. The van der Waals surface area contributed by atoms with Crippen molar-refractivity contribution in [1.29, 1.82) is 5.26 Å². The Hall–Kier alpha value is -0.880. The lowest BCUT2D eigenvalue weighted by Gasteiger charge is -2.30. The number of hydrogen-bond acceptors (Lipinski definition) is 3. The van der Waals surface area contributed by atoms with Crippen LogP contribution in [0.15, 0.2) is 4.99 Å². The van der Waals surface area contributed by atoms with Gasteiger partial charge in [0.25, 0.3) is 0 Å². The molecule has 0 N–H and O–H groups in total. The maximum Gasteiger partial charge on any atom is 0.152 e. The molecule has 0 aromatic rings. The van der Waals surface area contributed by atoms with E-state index in [1.807, 2.05) is 13.1 Å². The molecule has 0 aromatic heterocycles. The van der Waals surface area contributed by atoms with Gasteiger partial charge in [-0.1, -0.05) is 27.2 Å². The Bertz CT molecular complexity index is 295. The summed E-state index contributed by atoms with van der Waals surface area (Å²) in [6.07, 6.45) is 2.78. The van der Waals surface area contributed by atoms with E-state index in [9.17, 15) is 5.26 Å². The molecule has 1 aliphatic heterocycles. The van der Waals surface area contributed by atoms with E-state index >= 15 is 0 Å². The van der Waals surface area contributed by atoms with Crippen molar-refractivity contribution in [2.45, 2.75) is 40.2 Å². The fourth-order valence-electron chi connectivity index (χ4n) is 2.56. The van der Waals surface area contributed by atoms with Gasteiger partial charge in [-0.3, -0.25) is 4.99 Å². The number of nitriles is 1.